The quantitative estimate of drug-likeness (QED) is 0.703. The fraction of sp³-hybridized carbons (Fsp3) is 0.250. The van der Waals surface area contributed by atoms with Crippen LogP contribution in [0.3, 0.4) is 0 Å². The molecule has 0 saturated carbocycles. The standard InChI is InChI=1S/C20H18F2N2O/c1-11-9-15-14-5-3-4-6-18(14)23-19(15)20(24(11)12(2)25)13-7-8-16(21)17(22)10-13/h3-8,10-11,20,23H,9H2,1-2H3/t11-,20-/m0/s1. The average Bonchev–Trinajstić information content (AvgIpc) is 2.94. The number of carbonyl (C=O) groups is 1. The lowest BCUT2D eigenvalue weighted by molar-refractivity contribution is -0.133. The smallest absolute Gasteiger partial charge is 0.220 e. The zero-order valence-electron chi connectivity index (χ0n) is 14.0. The predicted molar refractivity (Wildman–Crippen MR) is 92.2 cm³/mol. The van der Waals surface area contributed by atoms with Gasteiger partial charge in [0.1, 0.15) is 0 Å². The second kappa shape index (κ2) is 5.69. The number of halogens is 2. The summed E-state index contributed by atoms with van der Waals surface area (Å²) in [4.78, 5) is 17.4. The number of benzene rings is 2. The zero-order chi connectivity index (χ0) is 17.7. The van der Waals surface area contributed by atoms with Gasteiger partial charge in [-0.1, -0.05) is 24.3 Å². The Hall–Kier alpha value is -2.69. The van der Waals surface area contributed by atoms with Gasteiger partial charge in [-0.2, -0.15) is 0 Å². The molecule has 0 bridgehead atoms. The van der Waals surface area contributed by atoms with Crippen molar-refractivity contribution in [1.82, 2.24) is 9.88 Å². The van der Waals surface area contributed by atoms with Crippen molar-refractivity contribution in [2.75, 3.05) is 0 Å². The molecule has 0 radical (unpaired) electrons. The van der Waals surface area contributed by atoms with Crippen molar-refractivity contribution in [1.29, 1.82) is 0 Å². The highest BCUT2D eigenvalue weighted by atomic mass is 19.2. The van der Waals surface area contributed by atoms with Crippen LogP contribution in [0.15, 0.2) is 42.5 Å². The van der Waals surface area contributed by atoms with Gasteiger partial charge in [0, 0.05) is 29.6 Å². The highest BCUT2D eigenvalue weighted by Gasteiger charge is 2.37. The Morgan fingerprint density at radius 1 is 1.16 bits per heavy atom. The summed E-state index contributed by atoms with van der Waals surface area (Å²) < 4.78 is 27.2. The lowest BCUT2D eigenvalue weighted by atomic mass is 9.88. The lowest BCUT2D eigenvalue weighted by Gasteiger charge is -2.40. The molecule has 2 heterocycles. The summed E-state index contributed by atoms with van der Waals surface area (Å²) in [6, 6.07) is 11.3. The number of rotatable bonds is 1. The first-order valence-electron chi connectivity index (χ1n) is 8.30. The van der Waals surface area contributed by atoms with Gasteiger partial charge >= 0.3 is 0 Å². The van der Waals surface area contributed by atoms with Crippen molar-refractivity contribution < 1.29 is 13.6 Å². The summed E-state index contributed by atoms with van der Waals surface area (Å²) in [5, 5.41) is 1.11. The van der Waals surface area contributed by atoms with Gasteiger partial charge in [0.05, 0.1) is 6.04 Å². The molecule has 1 aliphatic heterocycles. The van der Waals surface area contributed by atoms with Crippen LogP contribution < -0.4 is 0 Å². The van der Waals surface area contributed by atoms with Crippen molar-refractivity contribution >= 4 is 16.8 Å². The van der Waals surface area contributed by atoms with Crippen LogP contribution in [0.1, 0.15) is 36.7 Å². The third-order valence-electron chi connectivity index (χ3n) is 5.00. The van der Waals surface area contributed by atoms with E-state index in [9.17, 15) is 13.6 Å². The summed E-state index contributed by atoms with van der Waals surface area (Å²) in [6.07, 6.45) is 0.721. The van der Waals surface area contributed by atoms with Crippen LogP contribution in [0.4, 0.5) is 8.78 Å². The molecule has 0 aliphatic carbocycles. The largest absolute Gasteiger partial charge is 0.356 e. The third-order valence-corrected chi connectivity index (χ3v) is 5.00. The Kier molecular flexibility index (Phi) is 3.60. The molecule has 4 rings (SSSR count). The minimum atomic E-state index is -0.906. The summed E-state index contributed by atoms with van der Waals surface area (Å²) in [6.45, 7) is 3.50. The van der Waals surface area contributed by atoms with Crippen molar-refractivity contribution in [3.63, 3.8) is 0 Å². The highest BCUT2D eigenvalue weighted by molar-refractivity contribution is 5.86. The fourth-order valence-corrected chi connectivity index (χ4v) is 3.96. The van der Waals surface area contributed by atoms with Crippen LogP contribution in [0.5, 0.6) is 0 Å². The van der Waals surface area contributed by atoms with E-state index in [4.69, 9.17) is 0 Å². The van der Waals surface area contributed by atoms with Gasteiger partial charge in [0.2, 0.25) is 5.91 Å². The second-order valence-electron chi connectivity index (χ2n) is 6.62. The van der Waals surface area contributed by atoms with Gasteiger partial charge in [-0.15, -0.1) is 0 Å². The van der Waals surface area contributed by atoms with Gasteiger partial charge in [-0.25, -0.2) is 8.78 Å². The van der Waals surface area contributed by atoms with Crippen molar-refractivity contribution in [3.8, 4) is 0 Å². The maximum atomic E-state index is 13.9. The molecule has 0 saturated heterocycles. The van der Waals surface area contributed by atoms with Crippen LogP contribution in [0.2, 0.25) is 0 Å². The number of carbonyl (C=O) groups excluding carboxylic acids is 1. The van der Waals surface area contributed by atoms with Crippen LogP contribution in [0.25, 0.3) is 10.9 Å². The van der Waals surface area contributed by atoms with Gasteiger partial charge in [0.25, 0.3) is 0 Å². The van der Waals surface area contributed by atoms with Crippen LogP contribution in [-0.2, 0) is 11.2 Å². The first-order chi connectivity index (χ1) is 12.0. The minimum Gasteiger partial charge on any atom is -0.356 e. The SMILES string of the molecule is CC(=O)N1[C@@H](c2ccc(F)c(F)c2)c2[nH]c3ccccc3c2C[C@@H]1C. The number of hydrogen-bond acceptors (Lipinski definition) is 1. The van der Waals surface area contributed by atoms with Crippen LogP contribution >= 0.6 is 0 Å². The minimum absolute atomic E-state index is 0.0395. The molecule has 1 amide bonds. The number of aromatic amines is 1. The number of para-hydroxylation sites is 1. The Bertz CT molecular complexity index is 979. The summed E-state index contributed by atoms with van der Waals surface area (Å²) in [5.74, 6) is -1.89. The van der Waals surface area contributed by atoms with Gasteiger partial charge in [-0.3, -0.25) is 4.79 Å². The van der Waals surface area contributed by atoms with E-state index in [1.165, 1.54) is 13.0 Å². The number of amides is 1. The Labute approximate surface area is 144 Å². The molecule has 2 atom stereocenters. The molecule has 5 heteroatoms. The van der Waals surface area contributed by atoms with Crippen LogP contribution in [-0.4, -0.2) is 21.8 Å². The molecule has 1 aromatic heterocycles. The highest BCUT2D eigenvalue weighted by Crippen LogP contribution is 2.40. The molecule has 1 N–H and O–H groups in total. The van der Waals surface area contributed by atoms with E-state index in [2.05, 4.69) is 4.98 Å². The molecule has 0 spiro atoms. The van der Waals surface area contributed by atoms with E-state index in [0.29, 0.717) is 5.56 Å². The molecular formula is C20H18F2N2O. The van der Waals surface area contributed by atoms with E-state index in [-0.39, 0.29) is 11.9 Å². The lowest BCUT2D eigenvalue weighted by Crippen LogP contribution is -2.45. The molecule has 1 aliphatic rings. The van der Waals surface area contributed by atoms with E-state index >= 15 is 0 Å². The zero-order valence-corrected chi connectivity index (χ0v) is 14.0. The van der Waals surface area contributed by atoms with Gasteiger partial charge < -0.3 is 9.88 Å². The number of H-pyrrole nitrogens is 1. The Morgan fingerprint density at radius 3 is 2.64 bits per heavy atom. The number of hydrogen-bond donors (Lipinski definition) is 1. The molecule has 128 valence electrons. The normalized spacial score (nSPS) is 19.9. The predicted octanol–water partition coefficient (Wildman–Crippen LogP) is 4.33. The topological polar surface area (TPSA) is 36.1 Å². The monoisotopic (exact) mass is 340 g/mol. The second-order valence-corrected chi connectivity index (χ2v) is 6.62. The summed E-state index contributed by atoms with van der Waals surface area (Å²) in [5.41, 5.74) is 3.56. The molecule has 0 fully saturated rings. The third kappa shape index (κ3) is 2.42. The van der Waals surface area contributed by atoms with E-state index < -0.39 is 17.7 Å². The summed E-state index contributed by atoms with van der Waals surface area (Å²) in [7, 11) is 0. The molecule has 3 aromatic rings. The number of nitrogens with one attached hydrogen (secondary N) is 1. The molecule has 25 heavy (non-hydrogen) atoms. The molecule has 2 aromatic carbocycles. The van der Waals surface area contributed by atoms with Crippen molar-refractivity contribution in [3.05, 3.63) is 70.9 Å². The van der Waals surface area contributed by atoms with Crippen molar-refractivity contribution in [2.24, 2.45) is 0 Å². The van der Waals surface area contributed by atoms with Gasteiger partial charge in [0.15, 0.2) is 11.6 Å². The maximum Gasteiger partial charge on any atom is 0.220 e. The first-order valence-corrected chi connectivity index (χ1v) is 8.30. The van der Waals surface area contributed by atoms with E-state index in [0.717, 1.165) is 34.6 Å². The summed E-state index contributed by atoms with van der Waals surface area (Å²) >= 11 is 0. The maximum absolute atomic E-state index is 13.9. The Morgan fingerprint density at radius 2 is 1.92 bits per heavy atom. The average molecular weight is 340 g/mol. The van der Waals surface area contributed by atoms with E-state index in [1.54, 1.807) is 11.0 Å². The molecule has 3 nitrogen and oxygen atoms in total. The number of fused-ring (bicyclic) bond motifs is 3. The molecule has 0 unspecified atom stereocenters. The Balaban J connectivity index is 1.97. The molecular weight excluding hydrogens is 322 g/mol. The fourth-order valence-electron chi connectivity index (χ4n) is 3.96. The number of nitrogens with zero attached hydrogens (tertiary/aromatic N) is 1. The van der Waals surface area contributed by atoms with Gasteiger partial charge in [-0.05, 0) is 42.7 Å². The van der Waals surface area contributed by atoms with Crippen LogP contribution in [0, 0.1) is 11.6 Å². The van der Waals surface area contributed by atoms with Crippen molar-refractivity contribution in [2.45, 2.75) is 32.4 Å². The number of aromatic nitrogens is 1. The van der Waals surface area contributed by atoms with E-state index in [1.807, 2.05) is 31.2 Å². The first kappa shape index (κ1) is 15.8.